The van der Waals surface area contributed by atoms with Gasteiger partial charge in [-0.25, -0.2) is 27.9 Å². The lowest BCUT2D eigenvalue weighted by atomic mass is 10.0. The van der Waals surface area contributed by atoms with Gasteiger partial charge in [-0.2, -0.15) is 0 Å². The smallest absolute Gasteiger partial charge is 0.337 e. The maximum atomic E-state index is 12.2. The van der Waals surface area contributed by atoms with E-state index in [4.69, 9.17) is 14.7 Å². The number of anilines is 1. The number of carbonyl (C=O) groups is 1. The number of ether oxygens (including phenoxy) is 1. The second-order valence-corrected chi connectivity index (χ2v) is 10.6. The first kappa shape index (κ1) is 24.6. The van der Waals surface area contributed by atoms with Gasteiger partial charge < -0.3 is 10.1 Å². The van der Waals surface area contributed by atoms with Gasteiger partial charge in [-0.1, -0.05) is 48.5 Å². The summed E-state index contributed by atoms with van der Waals surface area (Å²) in [6, 6.07) is 22.3. The van der Waals surface area contributed by atoms with Crippen molar-refractivity contribution in [1.29, 1.82) is 0 Å². The Morgan fingerprint density at radius 2 is 1.76 bits per heavy atom. The molecule has 0 unspecified atom stereocenters. The Kier molecular flexibility index (Phi) is 6.73. The number of nitrogens with one attached hydrogen (secondary N) is 2. The molecule has 9 heteroatoms. The molecule has 0 saturated carbocycles. The number of esters is 1. The maximum Gasteiger partial charge on any atom is 0.337 e. The summed E-state index contributed by atoms with van der Waals surface area (Å²) in [6.45, 7) is 0.372. The molecule has 5 rings (SSSR count). The number of aromatic nitrogens is 2. The molecule has 0 amide bonds. The Labute approximate surface area is 215 Å². The Morgan fingerprint density at radius 3 is 2.51 bits per heavy atom. The number of methoxy groups -OCH3 is 1. The van der Waals surface area contributed by atoms with Crippen molar-refractivity contribution in [2.24, 2.45) is 0 Å². The van der Waals surface area contributed by atoms with Crippen molar-refractivity contribution in [1.82, 2.24) is 14.7 Å². The third kappa shape index (κ3) is 5.09. The molecule has 0 fully saturated rings. The van der Waals surface area contributed by atoms with Gasteiger partial charge in [-0.15, -0.1) is 0 Å². The molecule has 3 aromatic carbocycles. The number of rotatable bonds is 8. The fourth-order valence-corrected chi connectivity index (χ4v) is 5.29. The van der Waals surface area contributed by atoms with Crippen LogP contribution in [0, 0.1) is 0 Å². The third-order valence-corrected chi connectivity index (χ3v) is 7.74. The Balaban J connectivity index is 1.51. The number of sulfonamides is 1. The van der Waals surface area contributed by atoms with Crippen LogP contribution in [0.3, 0.4) is 0 Å². The fourth-order valence-electron chi connectivity index (χ4n) is 4.49. The summed E-state index contributed by atoms with van der Waals surface area (Å²) in [6.07, 6.45) is 1.15. The van der Waals surface area contributed by atoms with Crippen molar-refractivity contribution in [2.75, 3.05) is 19.5 Å². The normalized spacial score (nSPS) is 12.1. The van der Waals surface area contributed by atoms with Crippen LogP contribution in [0.25, 0.3) is 11.1 Å². The van der Waals surface area contributed by atoms with Crippen LogP contribution >= 0.6 is 0 Å². The van der Waals surface area contributed by atoms with Gasteiger partial charge in [-0.05, 0) is 53.6 Å². The molecule has 37 heavy (non-hydrogen) atoms. The minimum absolute atomic E-state index is 0.202. The first-order valence-electron chi connectivity index (χ1n) is 11.8. The highest BCUT2D eigenvalue weighted by Crippen LogP contribution is 2.40. The second kappa shape index (κ2) is 10.1. The van der Waals surface area contributed by atoms with Gasteiger partial charge in [0.05, 0.1) is 23.3 Å². The largest absolute Gasteiger partial charge is 0.465 e. The SMILES string of the molecule is CNS(=O)(=O)c1cccc(CNc2nc(Cc3ccccc3)nc3c2-c2ccc(C(=O)OC)cc2C3)c1. The second-order valence-electron chi connectivity index (χ2n) is 8.72. The van der Waals surface area contributed by atoms with Crippen LogP contribution in [0.5, 0.6) is 0 Å². The molecule has 0 radical (unpaired) electrons. The van der Waals surface area contributed by atoms with Crippen molar-refractivity contribution >= 4 is 21.8 Å². The van der Waals surface area contributed by atoms with Crippen molar-refractivity contribution in [2.45, 2.75) is 24.3 Å². The zero-order chi connectivity index (χ0) is 26.0. The summed E-state index contributed by atoms with van der Waals surface area (Å²) in [7, 11) is -0.793. The van der Waals surface area contributed by atoms with E-state index in [0.29, 0.717) is 36.6 Å². The zero-order valence-corrected chi connectivity index (χ0v) is 21.3. The van der Waals surface area contributed by atoms with Gasteiger partial charge >= 0.3 is 5.97 Å². The Hall–Kier alpha value is -4.08. The number of fused-ring (bicyclic) bond motifs is 3. The lowest BCUT2D eigenvalue weighted by Crippen LogP contribution is -2.18. The van der Waals surface area contributed by atoms with Gasteiger partial charge in [0, 0.05) is 24.9 Å². The highest BCUT2D eigenvalue weighted by Gasteiger charge is 2.26. The molecule has 0 atom stereocenters. The van der Waals surface area contributed by atoms with Crippen LogP contribution in [0.1, 0.15) is 38.6 Å². The van der Waals surface area contributed by atoms with Crippen LogP contribution in [-0.2, 0) is 34.1 Å². The average molecular weight is 515 g/mol. The molecule has 8 nitrogen and oxygen atoms in total. The van der Waals surface area contributed by atoms with Gasteiger partial charge in [-0.3, -0.25) is 0 Å². The minimum atomic E-state index is -3.55. The van der Waals surface area contributed by atoms with Crippen molar-refractivity contribution < 1.29 is 17.9 Å². The van der Waals surface area contributed by atoms with Crippen molar-refractivity contribution in [3.05, 3.63) is 107 Å². The number of carbonyl (C=O) groups excluding carboxylic acids is 1. The third-order valence-electron chi connectivity index (χ3n) is 6.33. The molecule has 1 aromatic heterocycles. The highest BCUT2D eigenvalue weighted by molar-refractivity contribution is 7.89. The standard InChI is InChI=1S/C28H26N4O4S/c1-29-37(34,35)22-10-6-9-19(13-22)17-30-27-26-23-12-11-20(28(33)36-2)15-21(23)16-24(26)31-25(32-27)14-18-7-4-3-5-8-18/h3-13,15,29H,14,16-17H2,1-2H3,(H,30,31,32). The van der Waals surface area contributed by atoms with Gasteiger partial charge in [0.15, 0.2) is 0 Å². The van der Waals surface area contributed by atoms with Crippen LogP contribution in [0.2, 0.25) is 0 Å². The van der Waals surface area contributed by atoms with E-state index in [9.17, 15) is 13.2 Å². The van der Waals surface area contributed by atoms with Crippen LogP contribution in [0.15, 0.2) is 77.7 Å². The summed E-state index contributed by atoms with van der Waals surface area (Å²) in [5.41, 5.74) is 6.10. The van der Waals surface area contributed by atoms with E-state index < -0.39 is 10.0 Å². The van der Waals surface area contributed by atoms with Gasteiger partial charge in [0.2, 0.25) is 10.0 Å². The minimum Gasteiger partial charge on any atom is -0.465 e. The summed E-state index contributed by atoms with van der Waals surface area (Å²) in [5, 5.41) is 3.42. The fraction of sp³-hybridized carbons (Fsp3) is 0.179. The van der Waals surface area contributed by atoms with Gasteiger partial charge in [0.1, 0.15) is 11.6 Å². The van der Waals surface area contributed by atoms with Crippen molar-refractivity contribution in [3.63, 3.8) is 0 Å². The first-order chi connectivity index (χ1) is 17.9. The quantitative estimate of drug-likeness (QED) is 0.302. The molecule has 0 saturated heterocycles. The average Bonchev–Trinajstić information content (AvgIpc) is 3.29. The lowest BCUT2D eigenvalue weighted by Gasteiger charge is -2.14. The number of nitrogens with zero attached hydrogens (tertiary/aromatic N) is 2. The maximum absolute atomic E-state index is 12.2. The topological polar surface area (TPSA) is 110 Å². The van der Waals surface area contributed by atoms with E-state index in [1.807, 2.05) is 48.5 Å². The summed E-state index contributed by atoms with van der Waals surface area (Å²) >= 11 is 0. The summed E-state index contributed by atoms with van der Waals surface area (Å²) in [4.78, 5) is 22.0. The Morgan fingerprint density at radius 1 is 0.973 bits per heavy atom. The molecule has 188 valence electrons. The monoisotopic (exact) mass is 514 g/mol. The molecule has 4 aromatic rings. The molecule has 1 aliphatic carbocycles. The molecular weight excluding hydrogens is 488 g/mol. The highest BCUT2D eigenvalue weighted by atomic mass is 32.2. The van der Waals surface area contributed by atoms with Gasteiger partial charge in [0.25, 0.3) is 0 Å². The van der Waals surface area contributed by atoms with E-state index in [1.54, 1.807) is 24.3 Å². The first-order valence-corrected chi connectivity index (χ1v) is 13.3. The predicted octanol–water partition coefficient (Wildman–Crippen LogP) is 3.95. The lowest BCUT2D eigenvalue weighted by molar-refractivity contribution is 0.0600. The Bertz CT molecular complexity index is 1590. The van der Waals surface area contributed by atoms with Crippen LogP contribution in [-0.4, -0.2) is 38.5 Å². The van der Waals surface area contributed by atoms with Crippen LogP contribution < -0.4 is 10.0 Å². The van der Waals surface area contributed by atoms with Crippen molar-refractivity contribution in [3.8, 4) is 11.1 Å². The van der Waals surface area contributed by atoms with E-state index >= 15 is 0 Å². The van der Waals surface area contributed by atoms with E-state index in [2.05, 4.69) is 10.0 Å². The molecule has 1 heterocycles. The van der Waals surface area contributed by atoms with E-state index in [-0.39, 0.29) is 10.9 Å². The molecular formula is C28H26N4O4S. The molecule has 0 spiro atoms. The number of benzene rings is 3. The van der Waals surface area contributed by atoms with E-state index in [1.165, 1.54) is 14.2 Å². The number of hydrogen-bond donors (Lipinski definition) is 2. The predicted molar refractivity (Wildman–Crippen MR) is 141 cm³/mol. The molecule has 0 bridgehead atoms. The van der Waals surface area contributed by atoms with E-state index in [0.717, 1.165) is 33.5 Å². The molecule has 1 aliphatic rings. The summed E-state index contributed by atoms with van der Waals surface area (Å²) in [5.74, 6) is 0.965. The molecule has 0 aliphatic heterocycles. The number of hydrogen-bond acceptors (Lipinski definition) is 7. The molecule has 2 N–H and O–H groups in total. The van der Waals surface area contributed by atoms with Crippen LogP contribution in [0.4, 0.5) is 5.82 Å². The zero-order valence-electron chi connectivity index (χ0n) is 20.5. The summed E-state index contributed by atoms with van der Waals surface area (Å²) < 4.78 is 31.7.